The molecule has 2 aliphatic rings. The van der Waals surface area contributed by atoms with E-state index in [-0.39, 0.29) is 50.0 Å². The van der Waals surface area contributed by atoms with Gasteiger partial charge in [-0.3, -0.25) is 19.6 Å². The Hall–Kier alpha value is -4.86. The van der Waals surface area contributed by atoms with E-state index in [1.54, 1.807) is 63.8 Å². The van der Waals surface area contributed by atoms with Gasteiger partial charge in [0.15, 0.2) is 0 Å². The van der Waals surface area contributed by atoms with Gasteiger partial charge in [0.2, 0.25) is 5.91 Å². The highest BCUT2D eigenvalue weighted by molar-refractivity contribution is 5.90. The molecule has 2 fully saturated rings. The van der Waals surface area contributed by atoms with E-state index in [0.717, 1.165) is 0 Å². The third kappa shape index (κ3) is 11.6. The van der Waals surface area contributed by atoms with Gasteiger partial charge in [-0.2, -0.15) is 4.98 Å². The zero-order valence-electron chi connectivity index (χ0n) is 31.1. The van der Waals surface area contributed by atoms with Gasteiger partial charge in [-0.15, -0.1) is 0 Å². The lowest BCUT2D eigenvalue weighted by atomic mass is 10.0. The lowest BCUT2D eigenvalue weighted by Gasteiger charge is -2.40. The van der Waals surface area contributed by atoms with Crippen LogP contribution < -0.4 is 26.4 Å². The van der Waals surface area contributed by atoms with Crippen LogP contribution in [-0.2, 0) is 14.3 Å². The molecule has 0 saturated carbocycles. The number of piperazine rings is 1. The summed E-state index contributed by atoms with van der Waals surface area (Å²) < 4.78 is 18.0. The summed E-state index contributed by atoms with van der Waals surface area (Å²) in [5.74, 6) is 0.458. The van der Waals surface area contributed by atoms with Crippen molar-refractivity contribution >= 4 is 29.9 Å². The lowest BCUT2D eigenvalue weighted by Crippen LogP contribution is -2.61. The highest BCUT2D eigenvalue weighted by Crippen LogP contribution is 2.19. The number of benzene rings is 1. The van der Waals surface area contributed by atoms with Crippen LogP contribution in [0, 0.1) is 0 Å². The molecule has 1 unspecified atom stereocenters. The highest BCUT2D eigenvalue weighted by Gasteiger charge is 2.37. The van der Waals surface area contributed by atoms with E-state index in [2.05, 4.69) is 25.8 Å². The average molecular weight is 713 g/mol. The minimum Gasteiger partial charge on any atom is -0.489 e. The monoisotopic (exact) mass is 712 g/mol. The minimum absolute atomic E-state index is 0.0426. The van der Waals surface area contributed by atoms with Crippen LogP contribution in [0.15, 0.2) is 41.3 Å². The van der Waals surface area contributed by atoms with Gasteiger partial charge in [-0.05, 0) is 92.6 Å². The molecular weight excluding hydrogens is 660 g/mol. The number of nitrogens with one attached hydrogen (secondary N) is 3. The van der Waals surface area contributed by atoms with Crippen LogP contribution in [0.4, 0.5) is 20.2 Å². The molecule has 2 aliphatic heterocycles. The van der Waals surface area contributed by atoms with Crippen molar-refractivity contribution in [3.8, 4) is 11.4 Å². The number of rotatable bonds is 9. The number of aromatic nitrogens is 2. The number of likely N-dealkylation sites (tertiary alicyclic amines) is 1. The molecule has 3 heterocycles. The number of anilines is 1. The van der Waals surface area contributed by atoms with Crippen LogP contribution in [0.1, 0.15) is 62.3 Å². The molecule has 16 heteroatoms. The first kappa shape index (κ1) is 38.9. The van der Waals surface area contributed by atoms with Crippen LogP contribution in [0.25, 0.3) is 5.69 Å². The van der Waals surface area contributed by atoms with Crippen molar-refractivity contribution < 1.29 is 33.4 Å². The third-order valence-electron chi connectivity index (χ3n) is 7.89. The van der Waals surface area contributed by atoms with E-state index in [0.29, 0.717) is 31.1 Å². The second kappa shape index (κ2) is 15.6. The molecule has 0 bridgehead atoms. The third-order valence-corrected chi connectivity index (χ3v) is 7.89. The number of carbonyl (C=O) groups is 4. The van der Waals surface area contributed by atoms with Gasteiger partial charge in [0.25, 0.3) is 0 Å². The fourth-order valence-electron chi connectivity index (χ4n) is 5.58. The summed E-state index contributed by atoms with van der Waals surface area (Å²) in [5.41, 5.74) is -2.43. The average Bonchev–Trinajstić information content (AvgIpc) is 2.98. The van der Waals surface area contributed by atoms with Gasteiger partial charge in [0.05, 0.1) is 11.7 Å². The number of hydrogen-bond acceptors (Lipinski definition) is 10. The number of nitrogens with zero attached hydrogens (tertiary/aromatic N) is 5. The molecule has 0 spiro atoms. The van der Waals surface area contributed by atoms with E-state index in [1.807, 2.05) is 27.7 Å². The van der Waals surface area contributed by atoms with E-state index in [4.69, 9.17) is 14.2 Å². The normalized spacial score (nSPS) is 16.4. The standard InChI is InChI=1S/C35H52N8O8/c1-23(20-40-21-24(22-40)36-31(47)50-33(2,3)4)49-26-12-10-25(11-13-26)43-15-14-27(38-30(43)46)37-29(45)42-18-16-41(17-19-42)28(44)35(8,9)39-32(48)51-34(5,6)7/h10-15,23-24H,16-22H2,1-9H3,(H,36,47)(H,39,48)(H,37,38,45,46). The number of alkyl carbamates (subject to hydrolysis) is 2. The molecule has 1 aromatic heterocycles. The number of ether oxygens (including phenoxy) is 3. The van der Waals surface area contributed by atoms with Crippen LogP contribution in [0.2, 0.25) is 0 Å². The smallest absolute Gasteiger partial charge is 0.408 e. The molecule has 16 nitrogen and oxygen atoms in total. The van der Waals surface area contributed by atoms with Crippen molar-refractivity contribution in [2.75, 3.05) is 51.1 Å². The molecule has 4 rings (SSSR count). The van der Waals surface area contributed by atoms with Crippen LogP contribution >= 0.6 is 0 Å². The molecular formula is C35H52N8O8. The first-order valence-corrected chi connectivity index (χ1v) is 17.1. The first-order chi connectivity index (χ1) is 23.7. The molecule has 3 N–H and O–H groups in total. The Morgan fingerprint density at radius 2 is 1.41 bits per heavy atom. The van der Waals surface area contributed by atoms with Gasteiger partial charge in [0.1, 0.15) is 34.4 Å². The number of carbonyl (C=O) groups excluding carboxylic acids is 4. The van der Waals surface area contributed by atoms with Gasteiger partial charge >= 0.3 is 23.9 Å². The summed E-state index contributed by atoms with van der Waals surface area (Å²) in [6.45, 7) is 19.1. The molecule has 1 aromatic carbocycles. The van der Waals surface area contributed by atoms with E-state index in [9.17, 15) is 24.0 Å². The molecule has 280 valence electrons. The van der Waals surface area contributed by atoms with E-state index in [1.165, 1.54) is 21.7 Å². The Morgan fingerprint density at radius 3 is 1.98 bits per heavy atom. The molecule has 0 aliphatic carbocycles. The SMILES string of the molecule is CC(CN1CC(NC(=O)OC(C)(C)C)C1)Oc1ccc(-n2ccc(NC(=O)N3CCN(C(=O)C(C)(C)NC(=O)OC(C)(C)C)CC3)nc2=O)cc1. The fourth-order valence-corrected chi connectivity index (χ4v) is 5.58. The predicted molar refractivity (Wildman–Crippen MR) is 190 cm³/mol. The number of urea groups is 1. The summed E-state index contributed by atoms with van der Waals surface area (Å²) in [6, 6.07) is 8.18. The highest BCUT2D eigenvalue weighted by atomic mass is 16.6. The lowest BCUT2D eigenvalue weighted by molar-refractivity contribution is -0.138. The fraction of sp³-hybridized carbons (Fsp3) is 0.600. The van der Waals surface area contributed by atoms with Crippen molar-refractivity contribution in [2.45, 2.75) is 91.2 Å². The molecule has 5 amide bonds. The maximum absolute atomic E-state index is 13.1. The summed E-state index contributed by atoms with van der Waals surface area (Å²) in [5, 5.41) is 8.16. The van der Waals surface area contributed by atoms with E-state index < -0.39 is 40.6 Å². The first-order valence-electron chi connectivity index (χ1n) is 17.1. The van der Waals surface area contributed by atoms with Crippen LogP contribution in [-0.4, -0.2) is 123 Å². The molecule has 2 aromatic rings. The zero-order chi connectivity index (χ0) is 37.7. The predicted octanol–water partition coefficient (Wildman–Crippen LogP) is 3.19. The molecule has 51 heavy (non-hydrogen) atoms. The maximum atomic E-state index is 13.1. The molecule has 2 saturated heterocycles. The molecule has 0 radical (unpaired) electrons. The van der Waals surface area contributed by atoms with Crippen LogP contribution in [0.3, 0.4) is 0 Å². The summed E-state index contributed by atoms with van der Waals surface area (Å²) in [4.78, 5) is 72.5. The summed E-state index contributed by atoms with van der Waals surface area (Å²) in [6.07, 6.45) is 0.325. The van der Waals surface area contributed by atoms with Gasteiger partial charge in [-0.1, -0.05) is 0 Å². The Kier molecular flexibility index (Phi) is 11.9. The van der Waals surface area contributed by atoms with Crippen molar-refractivity contribution in [2.24, 2.45) is 0 Å². The van der Waals surface area contributed by atoms with Gasteiger partial charge in [0, 0.05) is 52.0 Å². The summed E-state index contributed by atoms with van der Waals surface area (Å²) >= 11 is 0. The Labute approximate surface area is 298 Å². The van der Waals surface area contributed by atoms with Gasteiger partial charge < -0.3 is 34.6 Å². The second-order valence-electron chi connectivity index (χ2n) is 15.4. The largest absolute Gasteiger partial charge is 0.489 e. The Balaban J connectivity index is 1.21. The quantitative estimate of drug-likeness (QED) is 0.350. The summed E-state index contributed by atoms with van der Waals surface area (Å²) in [7, 11) is 0. The second-order valence-corrected chi connectivity index (χ2v) is 15.4. The van der Waals surface area contributed by atoms with Crippen molar-refractivity contribution in [3.63, 3.8) is 0 Å². The Bertz CT molecular complexity index is 1620. The van der Waals surface area contributed by atoms with Crippen molar-refractivity contribution in [3.05, 3.63) is 47.0 Å². The zero-order valence-corrected chi connectivity index (χ0v) is 31.1. The van der Waals surface area contributed by atoms with Gasteiger partial charge in [-0.25, -0.2) is 19.2 Å². The number of amides is 5. The van der Waals surface area contributed by atoms with Crippen LogP contribution in [0.5, 0.6) is 5.75 Å². The topological polar surface area (TPSA) is 177 Å². The van der Waals surface area contributed by atoms with E-state index >= 15 is 0 Å². The number of hydrogen-bond donors (Lipinski definition) is 3. The van der Waals surface area contributed by atoms with Crippen molar-refractivity contribution in [1.29, 1.82) is 0 Å². The maximum Gasteiger partial charge on any atom is 0.408 e. The Morgan fingerprint density at radius 1 is 0.843 bits per heavy atom. The minimum atomic E-state index is -1.20. The van der Waals surface area contributed by atoms with Crippen molar-refractivity contribution in [1.82, 2.24) is 34.9 Å². The molecule has 1 atom stereocenters.